The van der Waals surface area contributed by atoms with E-state index in [9.17, 15) is 8.42 Å². The summed E-state index contributed by atoms with van der Waals surface area (Å²) in [5, 5.41) is 4.23. The average molecular weight is 448 g/mol. The summed E-state index contributed by atoms with van der Waals surface area (Å²) in [4.78, 5) is 11.3. The zero-order chi connectivity index (χ0) is 21.1. The fraction of sp³-hybridized carbons (Fsp3) is 0.300. The maximum atomic E-state index is 13.3. The SMILES string of the molecule is COCc1ccc(Cl)cc1S(=O)(=O)Nc1nc(N2CCNCC2)nc2ccccc12. The highest BCUT2D eigenvalue weighted by molar-refractivity contribution is 7.92. The lowest BCUT2D eigenvalue weighted by atomic mass is 10.2. The Hall–Kier alpha value is -2.46. The van der Waals surface area contributed by atoms with E-state index in [1.54, 1.807) is 18.2 Å². The van der Waals surface area contributed by atoms with Crippen molar-refractivity contribution in [3.63, 3.8) is 0 Å². The number of rotatable bonds is 6. The van der Waals surface area contributed by atoms with E-state index >= 15 is 0 Å². The number of aromatic nitrogens is 2. The van der Waals surface area contributed by atoms with Gasteiger partial charge in [-0.15, -0.1) is 0 Å². The number of para-hydroxylation sites is 1. The van der Waals surface area contributed by atoms with Gasteiger partial charge in [0.15, 0.2) is 5.82 Å². The van der Waals surface area contributed by atoms with Crippen molar-refractivity contribution >= 4 is 44.3 Å². The predicted molar refractivity (Wildman–Crippen MR) is 118 cm³/mol. The molecule has 0 radical (unpaired) electrons. The number of piperazine rings is 1. The Labute approximate surface area is 180 Å². The van der Waals surface area contributed by atoms with Crippen LogP contribution in [0.4, 0.5) is 11.8 Å². The molecule has 2 N–H and O–H groups in total. The fourth-order valence-corrected chi connectivity index (χ4v) is 4.90. The van der Waals surface area contributed by atoms with Gasteiger partial charge >= 0.3 is 0 Å². The first-order valence-corrected chi connectivity index (χ1v) is 11.4. The Morgan fingerprint density at radius 1 is 1.17 bits per heavy atom. The largest absolute Gasteiger partial charge is 0.380 e. The quantitative estimate of drug-likeness (QED) is 0.599. The lowest BCUT2D eigenvalue weighted by molar-refractivity contribution is 0.182. The number of nitrogens with one attached hydrogen (secondary N) is 2. The molecule has 0 saturated carbocycles. The van der Waals surface area contributed by atoms with Crippen molar-refractivity contribution in [1.82, 2.24) is 15.3 Å². The molecule has 0 unspecified atom stereocenters. The van der Waals surface area contributed by atoms with E-state index in [-0.39, 0.29) is 17.3 Å². The van der Waals surface area contributed by atoms with Crippen LogP contribution in [0.15, 0.2) is 47.4 Å². The number of anilines is 2. The molecule has 1 aliphatic rings. The van der Waals surface area contributed by atoms with Gasteiger partial charge in [0.1, 0.15) is 0 Å². The van der Waals surface area contributed by atoms with E-state index in [0.717, 1.165) is 26.2 Å². The van der Waals surface area contributed by atoms with Gasteiger partial charge < -0.3 is 15.0 Å². The smallest absolute Gasteiger partial charge is 0.263 e. The normalized spacial score (nSPS) is 14.8. The van der Waals surface area contributed by atoms with Crippen molar-refractivity contribution in [2.24, 2.45) is 0 Å². The Bertz CT molecular complexity index is 1170. The third-order valence-corrected chi connectivity index (χ3v) is 6.50. The van der Waals surface area contributed by atoms with Crippen molar-refractivity contribution in [2.75, 3.05) is 42.9 Å². The number of hydrogen-bond acceptors (Lipinski definition) is 7. The Morgan fingerprint density at radius 3 is 2.70 bits per heavy atom. The van der Waals surface area contributed by atoms with E-state index in [2.05, 4.69) is 20.0 Å². The topological polar surface area (TPSA) is 96.5 Å². The number of sulfonamides is 1. The molecular weight excluding hydrogens is 426 g/mol. The van der Waals surface area contributed by atoms with Crippen LogP contribution < -0.4 is 14.9 Å². The first-order valence-electron chi connectivity index (χ1n) is 9.50. The second kappa shape index (κ2) is 8.73. The molecule has 2 aromatic carbocycles. The number of benzene rings is 2. The third-order valence-electron chi connectivity index (χ3n) is 4.84. The van der Waals surface area contributed by atoms with Crippen LogP contribution in [0.25, 0.3) is 10.9 Å². The third kappa shape index (κ3) is 4.34. The van der Waals surface area contributed by atoms with Gasteiger partial charge in [0.25, 0.3) is 10.0 Å². The minimum Gasteiger partial charge on any atom is -0.380 e. The summed E-state index contributed by atoms with van der Waals surface area (Å²) in [6, 6.07) is 12.0. The van der Waals surface area contributed by atoms with E-state index in [4.69, 9.17) is 16.3 Å². The van der Waals surface area contributed by atoms with Crippen molar-refractivity contribution in [1.29, 1.82) is 0 Å². The van der Waals surface area contributed by atoms with Crippen molar-refractivity contribution in [3.8, 4) is 0 Å². The molecule has 30 heavy (non-hydrogen) atoms. The molecule has 0 aliphatic carbocycles. The predicted octanol–water partition coefficient (Wildman–Crippen LogP) is 2.64. The van der Waals surface area contributed by atoms with Crippen LogP contribution >= 0.6 is 11.6 Å². The van der Waals surface area contributed by atoms with Gasteiger partial charge in [0.05, 0.1) is 17.0 Å². The van der Waals surface area contributed by atoms with Crippen LogP contribution in [-0.4, -0.2) is 51.7 Å². The zero-order valence-corrected chi connectivity index (χ0v) is 18.0. The molecule has 0 atom stereocenters. The van der Waals surface area contributed by atoms with Crippen LogP contribution in [0.5, 0.6) is 0 Å². The Kier molecular flexibility index (Phi) is 6.05. The van der Waals surface area contributed by atoms with Gasteiger partial charge in [-0.2, -0.15) is 4.98 Å². The maximum Gasteiger partial charge on any atom is 0.263 e. The van der Waals surface area contributed by atoms with Crippen LogP contribution in [0.2, 0.25) is 5.02 Å². The van der Waals surface area contributed by atoms with Gasteiger partial charge in [0.2, 0.25) is 5.95 Å². The lowest BCUT2D eigenvalue weighted by Gasteiger charge is -2.28. The van der Waals surface area contributed by atoms with Crippen LogP contribution in [-0.2, 0) is 21.4 Å². The Balaban J connectivity index is 1.78. The van der Waals surface area contributed by atoms with Crippen molar-refractivity contribution < 1.29 is 13.2 Å². The molecule has 1 aliphatic heterocycles. The van der Waals surface area contributed by atoms with E-state index in [1.165, 1.54) is 13.2 Å². The summed E-state index contributed by atoms with van der Waals surface area (Å²) >= 11 is 6.08. The first kappa shape index (κ1) is 20.8. The highest BCUT2D eigenvalue weighted by Gasteiger charge is 2.23. The van der Waals surface area contributed by atoms with Crippen molar-refractivity contribution in [3.05, 3.63) is 53.1 Å². The Morgan fingerprint density at radius 2 is 1.93 bits per heavy atom. The molecular formula is C20H22ClN5O3S. The van der Waals surface area contributed by atoms with Crippen LogP contribution in [0, 0.1) is 0 Å². The van der Waals surface area contributed by atoms with Gasteiger partial charge in [-0.3, -0.25) is 4.72 Å². The second-order valence-electron chi connectivity index (χ2n) is 6.92. The van der Waals surface area contributed by atoms with Gasteiger partial charge in [-0.1, -0.05) is 29.8 Å². The molecule has 158 valence electrons. The molecule has 8 nitrogen and oxygen atoms in total. The van der Waals surface area contributed by atoms with E-state index < -0.39 is 10.0 Å². The second-order valence-corrected chi connectivity index (χ2v) is 9.00. The number of nitrogens with zero attached hydrogens (tertiary/aromatic N) is 3. The maximum absolute atomic E-state index is 13.3. The summed E-state index contributed by atoms with van der Waals surface area (Å²) in [7, 11) is -2.45. The number of methoxy groups -OCH3 is 1. The van der Waals surface area contributed by atoms with Gasteiger partial charge in [0, 0.05) is 43.7 Å². The molecule has 1 aromatic heterocycles. The van der Waals surface area contributed by atoms with Gasteiger partial charge in [-0.05, 0) is 29.8 Å². The average Bonchev–Trinajstić information content (AvgIpc) is 2.75. The zero-order valence-electron chi connectivity index (χ0n) is 16.4. The minimum absolute atomic E-state index is 0.0586. The molecule has 0 spiro atoms. The molecule has 10 heteroatoms. The number of hydrogen-bond donors (Lipinski definition) is 2. The standard InChI is InChI=1S/C20H22ClN5O3S/c1-29-13-14-6-7-15(21)12-18(14)30(27,28)25-19-16-4-2-3-5-17(16)23-20(24-19)26-10-8-22-9-11-26/h2-7,12,22H,8-11,13H2,1H3,(H,23,24,25). The fourth-order valence-electron chi connectivity index (χ4n) is 3.38. The lowest BCUT2D eigenvalue weighted by Crippen LogP contribution is -2.44. The number of fused-ring (bicyclic) bond motifs is 1. The van der Waals surface area contributed by atoms with Crippen LogP contribution in [0.3, 0.4) is 0 Å². The summed E-state index contributed by atoms with van der Waals surface area (Å²) in [6.45, 7) is 3.28. The highest BCUT2D eigenvalue weighted by Crippen LogP contribution is 2.28. The molecule has 0 bridgehead atoms. The summed E-state index contributed by atoms with van der Waals surface area (Å²) < 4.78 is 34.3. The van der Waals surface area contributed by atoms with E-state index in [1.807, 2.05) is 23.1 Å². The van der Waals surface area contributed by atoms with Gasteiger partial charge in [-0.25, -0.2) is 13.4 Å². The molecule has 3 aromatic rings. The van der Waals surface area contributed by atoms with Crippen LogP contribution in [0.1, 0.15) is 5.56 Å². The number of halogens is 1. The van der Waals surface area contributed by atoms with Crippen molar-refractivity contribution in [2.45, 2.75) is 11.5 Å². The molecule has 1 fully saturated rings. The molecule has 1 saturated heterocycles. The minimum atomic E-state index is -3.96. The highest BCUT2D eigenvalue weighted by atomic mass is 35.5. The molecule has 2 heterocycles. The summed E-state index contributed by atoms with van der Waals surface area (Å²) in [5.74, 6) is 0.730. The summed E-state index contributed by atoms with van der Waals surface area (Å²) in [6.07, 6.45) is 0. The number of ether oxygens (including phenoxy) is 1. The molecule has 4 rings (SSSR count). The first-order chi connectivity index (χ1) is 14.5. The summed E-state index contributed by atoms with van der Waals surface area (Å²) in [5.41, 5.74) is 1.18. The molecule has 0 amide bonds. The monoisotopic (exact) mass is 447 g/mol. The van der Waals surface area contributed by atoms with E-state index in [0.29, 0.717) is 27.4 Å².